The predicted molar refractivity (Wildman–Crippen MR) is 139 cm³/mol. The number of ketones is 2. The summed E-state index contributed by atoms with van der Waals surface area (Å²) < 4.78 is 0. The van der Waals surface area contributed by atoms with Crippen molar-refractivity contribution in [1.82, 2.24) is 0 Å². The van der Waals surface area contributed by atoms with E-state index < -0.39 is 0 Å². The number of hydrogen-bond donors (Lipinski definition) is 0. The van der Waals surface area contributed by atoms with Crippen LogP contribution in [0.5, 0.6) is 0 Å². The van der Waals surface area contributed by atoms with Crippen molar-refractivity contribution in [3.05, 3.63) is 64.7 Å². The third-order valence-corrected chi connectivity index (χ3v) is 6.83. The van der Waals surface area contributed by atoms with Gasteiger partial charge >= 0.3 is 0 Å². The lowest BCUT2D eigenvalue weighted by Gasteiger charge is -2.29. The maximum atomic E-state index is 13.5. The summed E-state index contributed by atoms with van der Waals surface area (Å²) in [5.74, 6) is -0.0344. The average molecular weight is 448 g/mol. The predicted octanol–water partition coefficient (Wildman–Crippen LogP) is 7.99. The van der Waals surface area contributed by atoms with E-state index in [0.29, 0.717) is 22.3 Å². The normalized spacial score (nSPS) is 12.5. The first-order chi connectivity index (χ1) is 16.2. The first-order valence-electron chi connectivity index (χ1n) is 13.2. The molecule has 1 aliphatic rings. The summed E-state index contributed by atoms with van der Waals surface area (Å²) in [6.07, 6.45) is 15.0. The van der Waals surface area contributed by atoms with E-state index in [1.165, 1.54) is 64.2 Å². The van der Waals surface area contributed by atoms with E-state index in [0.717, 1.165) is 31.6 Å². The number of unbranched alkanes of at least 4 members (excludes halogenated alkanes) is 10. The highest BCUT2D eigenvalue weighted by atomic mass is 16.1. The van der Waals surface area contributed by atoms with Crippen LogP contribution in [0.4, 0.5) is 5.69 Å². The minimum Gasteiger partial charge on any atom is -0.371 e. The zero-order chi connectivity index (χ0) is 23.5. The standard InChI is InChI=1S/C30H41NO2/c1-3-5-7-9-11-15-22-31(23-16-12-10-8-6-4-2)27-21-17-20-26-28(27)30(33)25-19-14-13-18-24(25)29(26)32/h13-14,17-21H,3-12,15-16,22-23H2,1-2H3. The van der Waals surface area contributed by atoms with Gasteiger partial charge in [-0.15, -0.1) is 0 Å². The Morgan fingerprint density at radius 3 is 1.61 bits per heavy atom. The fraction of sp³-hybridized carbons (Fsp3) is 0.533. The van der Waals surface area contributed by atoms with Gasteiger partial charge < -0.3 is 4.90 Å². The number of fused-ring (bicyclic) bond motifs is 2. The monoisotopic (exact) mass is 447 g/mol. The van der Waals surface area contributed by atoms with Crippen molar-refractivity contribution in [3.8, 4) is 0 Å². The van der Waals surface area contributed by atoms with Gasteiger partial charge in [0.05, 0.1) is 5.56 Å². The Morgan fingerprint density at radius 1 is 0.545 bits per heavy atom. The number of hydrogen-bond acceptors (Lipinski definition) is 3. The van der Waals surface area contributed by atoms with Crippen molar-refractivity contribution in [2.24, 2.45) is 0 Å². The Labute approximate surface area is 200 Å². The highest BCUT2D eigenvalue weighted by Gasteiger charge is 2.32. The molecule has 2 aromatic rings. The molecule has 0 amide bonds. The lowest BCUT2D eigenvalue weighted by molar-refractivity contribution is 0.0979. The molecular formula is C30H41NO2. The summed E-state index contributed by atoms with van der Waals surface area (Å²) in [6.45, 7) is 6.38. The fourth-order valence-electron chi connectivity index (χ4n) is 4.91. The lowest BCUT2D eigenvalue weighted by atomic mass is 9.83. The Bertz CT molecular complexity index is 901. The number of carbonyl (C=O) groups excluding carboxylic acids is 2. The maximum Gasteiger partial charge on any atom is 0.196 e. The molecule has 0 saturated carbocycles. The summed E-state index contributed by atoms with van der Waals surface area (Å²) in [6, 6.07) is 13.1. The van der Waals surface area contributed by atoms with Gasteiger partial charge in [0.25, 0.3) is 0 Å². The molecule has 3 nitrogen and oxygen atoms in total. The summed E-state index contributed by atoms with van der Waals surface area (Å²) in [5, 5.41) is 0. The molecule has 0 fully saturated rings. The third-order valence-electron chi connectivity index (χ3n) is 6.83. The number of carbonyl (C=O) groups is 2. The van der Waals surface area contributed by atoms with Gasteiger partial charge in [-0.3, -0.25) is 9.59 Å². The molecular weight excluding hydrogens is 406 g/mol. The number of anilines is 1. The van der Waals surface area contributed by atoms with Crippen molar-refractivity contribution in [3.63, 3.8) is 0 Å². The van der Waals surface area contributed by atoms with Crippen LogP contribution in [0.3, 0.4) is 0 Å². The zero-order valence-corrected chi connectivity index (χ0v) is 20.7. The van der Waals surface area contributed by atoms with Crippen LogP contribution < -0.4 is 4.90 Å². The van der Waals surface area contributed by atoms with Gasteiger partial charge in [-0.2, -0.15) is 0 Å². The molecule has 1 aliphatic carbocycles. The van der Waals surface area contributed by atoms with Crippen LogP contribution in [0, 0.1) is 0 Å². The van der Waals surface area contributed by atoms with Crippen LogP contribution in [-0.2, 0) is 0 Å². The lowest BCUT2D eigenvalue weighted by Crippen LogP contribution is -2.30. The molecule has 0 radical (unpaired) electrons. The van der Waals surface area contributed by atoms with Gasteiger partial charge in [0, 0.05) is 35.5 Å². The molecule has 33 heavy (non-hydrogen) atoms. The molecule has 2 aromatic carbocycles. The molecule has 0 heterocycles. The van der Waals surface area contributed by atoms with Gasteiger partial charge in [-0.1, -0.05) is 114 Å². The second kappa shape index (κ2) is 13.3. The van der Waals surface area contributed by atoms with Gasteiger partial charge in [0.1, 0.15) is 0 Å². The van der Waals surface area contributed by atoms with Crippen LogP contribution in [-0.4, -0.2) is 24.7 Å². The third kappa shape index (κ3) is 6.56. The van der Waals surface area contributed by atoms with Gasteiger partial charge in [0.15, 0.2) is 11.6 Å². The van der Waals surface area contributed by atoms with E-state index >= 15 is 0 Å². The molecule has 0 saturated heterocycles. The molecule has 0 unspecified atom stereocenters. The summed E-state index contributed by atoms with van der Waals surface area (Å²) >= 11 is 0. The van der Waals surface area contributed by atoms with Gasteiger partial charge in [-0.05, 0) is 18.9 Å². The Kier molecular flexibility index (Phi) is 10.2. The number of rotatable bonds is 15. The second-order valence-corrected chi connectivity index (χ2v) is 9.43. The molecule has 178 valence electrons. The molecule has 0 N–H and O–H groups in total. The minimum absolute atomic E-state index is 0.00769. The van der Waals surface area contributed by atoms with E-state index in [1.807, 2.05) is 30.3 Å². The highest BCUT2D eigenvalue weighted by molar-refractivity contribution is 6.30. The van der Waals surface area contributed by atoms with E-state index in [-0.39, 0.29) is 11.6 Å². The van der Waals surface area contributed by atoms with Crippen LogP contribution in [0.1, 0.15) is 123 Å². The van der Waals surface area contributed by atoms with E-state index in [9.17, 15) is 9.59 Å². The van der Waals surface area contributed by atoms with Crippen molar-refractivity contribution in [1.29, 1.82) is 0 Å². The Morgan fingerprint density at radius 2 is 1.03 bits per heavy atom. The van der Waals surface area contributed by atoms with Crippen LogP contribution in [0.2, 0.25) is 0 Å². The van der Waals surface area contributed by atoms with E-state index in [4.69, 9.17) is 0 Å². The largest absolute Gasteiger partial charge is 0.371 e. The van der Waals surface area contributed by atoms with E-state index in [1.54, 1.807) is 12.1 Å². The molecule has 3 rings (SSSR count). The number of nitrogens with zero attached hydrogens (tertiary/aromatic N) is 1. The first-order valence-corrected chi connectivity index (χ1v) is 13.2. The first kappa shape index (κ1) is 25.2. The van der Waals surface area contributed by atoms with Crippen molar-refractivity contribution >= 4 is 17.3 Å². The minimum atomic E-state index is -0.0267. The average Bonchev–Trinajstić information content (AvgIpc) is 2.85. The molecule has 0 aromatic heterocycles. The summed E-state index contributed by atoms with van der Waals surface area (Å²) in [7, 11) is 0. The Hall–Kier alpha value is -2.42. The van der Waals surface area contributed by atoms with Crippen LogP contribution >= 0.6 is 0 Å². The summed E-state index contributed by atoms with van der Waals surface area (Å²) in [4.78, 5) is 29.1. The zero-order valence-electron chi connectivity index (χ0n) is 20.7. The van der Waals surface area contributed by atoms with Crippen molar-refractivity contribution < 1.29 is 9.59 Å². The molecule has 0 aliphatic heterocycles. The quantitative estimate of drug-likeness (QED) is 0.222. The number of benzene rings is 2. The van der Waals surface area contributed by atoms with E-state index in [2.05, 4.69) is 18.7 Å². The molecule has 0 spiro atoms. The fourth-order valence-corrected chi connectivity index (χ4v) is 4.91. The molecule has 0 atom stereocenters. The maximum absolute atomic E-state index is 13.5. The van der Waals surface area contributed by atoms with Gasteiger partial charge in [0.2, 0.25) is 0 Å². The Balaban J connectivity index is 1.77. The van der Waals surface area contributed by atoms with Crippen molar-refractivity contribution in [2.45, 2.75) is 90.9 Å². The van der Waals surface area contributed by atoms with Crippen LogP contribution in [0.25, 0.3) is 0 Å². The smallest absolute Gasteiger partial charge is 0.196 e. The van der Waals surface area contributed by atoms with Gasteiger partial charge in [-0.25, -0.2) is 0 Å². The van der Waals surface area contributed by atoms with Crippen molar-refractivity contribution in [2.75, 3.05) is 18.0 Å². The topological polar surface area (TPSA) is 37.4 Å². The SMILES string of the molecule is CCCCCCCCN(CCCCCCCC)c1cccc2c1C(=O)c1ccccc1C2=O. The molecule has 0 bridgehead atoms. The second-order valence-electron chi connectivity index (χ2n) is 9.43. The highest BCUT2D eigenvalue weighted by Crippen LogP contribution is 2.34. The summed E-state index contributed by atoms with van der Waals surface area (Å²) in [5.41, 5.74) is 3.19. The molecule has 3 heteroatoms. The van der Waals surface area contributed by atoms with Crippen LogP contribution in [0.15, 0.2) is 42.5 Å².